The summed E-state index contributed by atoms with van der Waals surface area (Å²) in [5.74, 6) is -1.98. The summed E-state index contributed by atoms with van der Waals surface area (Å²) < 4.78 is 13.1. The van der Waals surface area contributed by atoms with Gasteiger partial charge in [-0.05, 0) is 30.3 Å². The van der Waals surface area contributed by atoms with Gasteiger partial charge in [-0.1, -0.05) is 18.2 Å². The Balaban J connectivity index is 1.46. The van der Waals surface area contributed by atoms with Crippen LogP contribution in [0, 0.1) is 5.82 Å². The van der Waals surface area contributed by atoms with Crippen LogP contribution in [-0.2, 0) is 9.59 Å². The van der Waals surface area contributed by atoms with Crippen molar-refractivity contribution in [2.75, 3.05) is 11.4 Å². The third-order valence-electron chi connectivity index (χ3n) is 4.64. The van der Waals surface area contributed by atoms with Gasteiger partial charge in [-0.25, -0.2) is 4.39 Å². The number of fused-ring (bicyclic) bond motifs is 1. The molecule has 1 aromatic heterocycles. The standard InChI is InChI=1S/C20H16FN3O3/c21-12-5-7-14(8-6-12)24-11-13(9-18(24)25)23-20(27)19(26)16-10-22-17-4-2-1-3-15(16)17/h1-8,10,13,22H,9,11H2,(H,23,27)/t13-/m1/s1. The highest BCUT2D eigenvalue weighted by Crippen LogP contribution is 2.22. The van der Waals surface area contributed by atoms with Crippen molar-refractivity contribution in [3.05, 3.63) is 66.1 Å². The van der Waals surface area contributed by atoms with Gasteiger partial charge in [0.05, 0.1) is 11.6 Å². The summed E-state index contributed by atoms with van der Waals surface area (Å²) >= 11 is 0. The fraction of sp³-hybridized carbons (Fsp3) is 0.150. The number of carbonyl (C=O) groups excluding carboxylic acids is 3. The number of rotatable bonds is 4. The van der Waals surface area contributed by atoms with Crippen molar-refractivity contribution < 1.29 is 18.8 Å². The molecule has 0 spiro atoms. The second-order valence-electron chi connectivity index (χ2n) is 6.43. The van der Waals surface area contributed by atoms with Crippen molar-refractivity contribution >= 4 is 34.2 Å². The second kappa shape index (κ2) is 6.68. The number of carbonyl (C=O) groups is 3. The van der Waals surface area contributed by atoms with E-state index < -0.39 is 17.7 Å². The minimum absolute atomic E-state index is 0.0876. The zero-order valence-electron chi connectivity index (χ0n) is 14.2. The minimum Gasteiger partial charge on any atom is -0.360 e. The molecule has 2 aromatic carbocycles. The van der Waals surface area contributed by atoms with Crippen LogP contribution < -0.4 is 10.2 Å². The Hall–Kier alpha value is -3.48. The molecule has 0 aliphatic carbocycles. The molecule has 136 valence electrons. The number of aromatic amines is 1. The van der Waals surface area contributed by atoms with Gasteiger partial charge < -0.3 is 15.2 Å². The van der Waals surface area contributed by atoms with Gasteiger partial charge in [-0.2, -0.15) is 0 Å². The van der Waals surface area contributed by atoms with Gasteiger partial charge in [0.15, 0.2) is 0 Å². The molecule has 0 saturated carbocycles. The predicted molar refractivity (Wildman–Crippen MR) is 97.9 cm³/mol. The Morgan fingerprint density at radius 3 is 2.63 bits per heavy atom. The zero-order valence-corrected chi connectivity index (χ0v) is 14.2. The summed E-state index contributed by atoms with van der Waals surface area (Å²) in [5, 5.41) is 3.31. The first-order chi connectivity index (χ1) is 13.0. The molecule has 2 N–H and O–H groups in total. The van der Waals surface area contributed by atoms with E-state index in [2.05, 4.69) is 10.3 Å². The van der Waals surface area contributed by atoms with E-state index in [1.165, 1.54) is 35.4 Å². The van der Waals surface area contributed by atoms with Crippen LogP contribution in [0.4, 0.5) is 10.1 Å². The molecule has 0 unspecified atom stereocenters. The number of amides is 2. The lowest BCUT2D eigenvalue weighted by Gasteiger charge is -2.17. The maximum atomic E-state index is 13.1. The molecule has 4 rings (SSSR count). The van der Waals surface area contributed by atoms with Crippen molar-refractivity contribution in [2.45, 2.75) is 12.5 Å². The third-order valence-corrected chi connectivity index (χ3v) is 4.64. The minimum atomic E-state index is -0.751. The molecule has 2 heterocycles. The SMILES string of the molecule is O=C(N[C@@H]1CC(=O)N(c2ccc(F)cc2)C1)C(=O)c1c[nH]c2ccccc12. The summed E-state index contributed by atoms with van der Waals surface area (Å²) in [6.07, 6.45) is 1.60. The van der Waals surface area contributed by atoms with Crippen molar-refractivity contribution in [3.63, 3.8) is 0 Å². The van der Waals surface area contributed by atoms with E-state index >= 15 is 0 Å². The topological polar surface area (TPSA) is 82.3 Å². The fourth-order valence-electron chi connectivity index (χ4n) is 3.31. The number of halogens is 1. The number of hydrogen-bond acceptors (Lipinski definition) is 3. The third kappa shape index (κ3) is 3.19. The highest BCUT2D eigenvalue weighted by Gasteiger charge is 2.33. The fourth-order valence-corrected chi connectivity index (χ4v) is 3.31. The van der Waals surface area contributed by atoms with Gasteiger partial charge in [0.2, 0.25) is 5.91 Å². The maximum absolute atomic E-state index is 13.1. The van der Waals surface area contributed by atoms with E-state index in [4.69, 9.17) is 0 Å². The van der Waals surface area contributed by atoms with E-state index in [0.29, 0.717) is 16.6 Å². The number of nitrogens with one attached hydrogen (secondary N) is 2. The number of ketones is 1. The van der Waals surface area contributed by atoms with E-state index in [-0.39, 0.29) is 24.7 Å². The Morgan fingerprint density at radius 2 is 1.85 bits per heavy atom. The molecule has 3 aromatic rings. The van der Waals surface area contributed by atoms with E-state index in [1.807, 2.05) is 12.1 Å². The molecule has 1 atom stereocenters. The number of aromatic nitrogens is 1. The first-order valence-electron chi connectivity index (χ1n) is 8.50. The van der Waals surface area contributed by atoms with Crippen LogP contribution in [0.2, 0.25) is 0 Å². The summed E-state index contributed by atoms with van der Waals surface area (Å²) in [6.45, 7) is 0.234. The van der Waals surface area contributed by atoms with Gasteiger partial charge >= 0.3 is 0 Å². The number of Topliss-reactive ketones (excluding diaryl/α,β-unsaturated/α-hetero) is 1. The molecule has 6 nitrogen and oxygen atoms in total. The summed E-state index contributed by atoms with van der Waals surface area (Å²) in [6, 6.07) is 12.3. The highest BCUT2D eigenvalue weighted by molar-refractivity contribution is 6.45. The van der Waals surface area contributed by atoms with E-state index in [0.717, 1.165) is 5.52 Å². The Kier molecular flexibility index (Phi) is 4.19. The molecule has 1 fully saturated rings. The molecule has 0 bridgehead atoms. The van der Waals surface area contributed by atoms with Crippen molar-refractivity contribution in [2.24, 2.45) is 0 Å². The lowest BCUT2D eigenvalue weighted by molar-refractivity contribution is -0.118. The van der Waals surface area contributed by atoms with Crippen molar-refractivity contribution in [3.8, 4) is 0 Å². The largest absolute Gasteiger partial charge is 0.360 e. The van der Waals surface area contributed by atoms with E-state index in [9.17, 15) is 18.8 Å². The highest BCUT2D eigenvalue weighted by atomic mass is 19.1. The van der Waals surface area contributed by atoms with Crippen LogP contribution in [0.3, 0.4) is 0 Å². The molecule has 7 heteroatoms. The van der Waals surface area contributed by atoms with Gasteiger partial charge in [0, 0.05) is 35.8 Å². The second-order valence-corrected chi connectivity index (χ2v) is 6.43. The Bertz CT molecular complexity index is 1040. The number of hydrogen-bond donors (Lipinski definition) is 2. The zero-order chi connectivity index (χ0) is 19.0. The molecular weight excluding hydrogens is 349 g/mol. The van der Waals surface area contributed by atoms with Gasteiger partial charge in [0.1, 0.15) is 5.82 Å². The van der Waals surface area contributed by atoms with Crippen LogP contribution in [0.15, 0.2) is 54.7 Å². The normalized spacial score (nSPS) is 16.7. The quantitative estimate of drug-likeness (QED) is 0.550. The summed E-state index contributed by atoms with van der Waals surface area (Å²) in [4.78, 5) is 41.5. The van der Waals surface area contributed by atoms with Crippen LogP contribution in [0.5, 0.6) is 0 Å². The van der Waals surface area contributed by atoms with Crippen molar-refractivity contribution in [1.29, 1.82) is 0 Å². The molecular formula is C20H16FN3O3. The number of para-hydroxylation sites is 1. The molecule has 1 aliphatic heterocycles. The maximum Gasteiger partial charge on any atom is 0.292 e. The van der Waals surface area contributed by atoms with E-state index in [1.54, 1.807) is 12.1 Å². The average Bonchev–Trinajstić information content (AvgIpc) is 3.25. The Labute approximate surface area is 154 Å². The predicted octanol–water partition coefficient (Wildman–Crippen LogP) is 2.41. The van der Waals surface area contributed by atoms with Crippen LogP contribution in [0.25, 0.3) is 10.9 Å². The Morgan fingerprint density at radius 1 is 1.11 bits per heavy atom. The molecule has 2 amide bonds. The smallest absolute Gasteiger partial charge is 0.292 e. The van der Waals surface area contributed by atoms with Crippen LogP contribution >= 0.6 is 0 Å². The lowest BCUT2D eigenvalue weighted by Crippen LogP contribution is -2.40. The van der Waals surface area contributed by atoms with Gasteiger partial charge in [-0.15, -0.1) is 0 Å². The monoisotopic (exact) mass is 365 g/mol. The number of benzene rings is 2. The van der Waals surface area contributed by atoms with Crippen LogP contribution in [-0.4, -0.2) is 35.2 Å². The van der Waals surface area contributed by atoms with Crippen molar-refractivity contribution in [1.82, 2.24) is 10.3 Å². The molecule has 0 radical (unpaired) electrons. The summed E-state index contributed by atoms with van der Waals surface area (Å²) in [5.41, 5.74) is 1.62. The first kappa shape index (κ1) is 17.0. The number of nitrogens with zero attached hydrogens (tertiary/aromatic N) is 1. The molecule has 27 heavy (non-hydrogen) atoms. The van der Waals surface area contributed by atoms with Gasteiger partial charge in [-0.3, -0.25) is 14.4 Å². The molecule has 1 saturated heterocycles. The average molecular weight is 365 g/mol. The number of anilines is 1. The van der Waals surface area contributed by atoms with Gasteiger partial charge in [0.25, 0.3) is 11.7 Å². The van der Waals surface area contributed by atoms with Crippen LogP contribution in [0.1, 0.15) is 16.8 Å². The number of H-pyrrole nitrogens is 1. The lowest BCUT2D eigenvalue weighted by atomic mass is 10.1. The molecule has 1 aliphatic rings. The first-order valence-corrected chi connectivity index (χ1v) is 8.50. The summed E-state index contributed by atoms with van der Waals surface area (Å²) in [7, 11) is 0.